The third-order valence-corrected chi connectivity index (χ3v) is 2.65. The Hall–Kier alpha value is -0.850. The van der Waals surface area contributed by atoms with Crippen molar-refractivity contribution in [2.45, 2.75) is 38.2 Å². The molecule has 100 valence electrons. The summed E-state index contributed by atoms with van der Waals surface area (Å²) in [7, 11) is 0. The first kappa shape index (κ1) is 14.2. The minimum Gasteiger partial charge on any atom is -0.376 e. The highest BCUT2D eigenvalue weighted by Gasteiger charge is 2.51. The van der Waals surface area contributed by atoms with Crippen LogP contribution in [0.4, 0.5) is 17.6 Å². The second-order valence-electron chi connectivity index (χ2n) is 3.93. The summed E-state index contributed by atoms with van der Waals surface area (Å²) in [5, 5.41) is 0. The summed E-state index contributed by atoms with van der Waals surface area (Å²) in [6.07, 6.45) is -3.42. The Balaban J connectivity index is 2.73. The van der Waals surface area contributed by atoms with E-state index in [1.54, 1.807) is 6.92 Å². The van der Waals surface area contributed by atoms with Crippen LogP contribution in [0.5, 0.6) is 0 Å². The summed E-state index contributed by atoms with van der Waals surface area (Å²) in [4.78, 5) is 12.1. The molecule has 7 heteroatoms. The molecule has 1 heterocycles. The number of halogens is 4. The number of rotatable bonds is 3. The fraction of sp³-hybridized carbons (Fsp3) is 0.900. The van der Waals surface area contributed by atoms with Crippen molar-refractivity contribution in [1.29, 1.82) is 0 Å². The van der Waals surface area contributed by atoms with E-state index in [-0.39, 0.29) is 19.2 Å². The zero-order valence-corrected chi connectivity index (χ0v) is 9.47. The molecule has 1 fully saturated rings. The molecule has 0 spiro atoms. The second-order valence-corrected chi connectivity index (χ2v) is 3.93. The van der Waals surface area contributed by atoms with Crippen LogP contribution in [0.25, 0.3) is 0 Å². The van der Waals surface area contributed by atoms with Crippen LogP contribution >= 0.6 is 0 Å². The van der Waals surface area contributed by atoms with Crippen molar-refractivity contribution in [3.8, 4) is 0 Å². The highest BCUT2D eigenvalue weighted by molar-refractivity contribution is 5.84. The maximum atomic E-state index is 12.9. The van der Waals surface area contributed by atoms with E-state index < -0.39 is 18.3 Å². The normalized spacial score (nSPS) is 22.7. The molecule has 0 aromatic rings. The van der Waals surface area contributed by atoms with E-state index in [0.29, 0.717) is 19.4 Å². The Morgan fingerprint density at radius 2 is 2.18 bits per heavy atom. The Morgan fingerprint density at radius 1 is 1.53 bits per heavy atom. The molecule has 0 aromatic heterocycles. The number of ether oxygens (including phenoxy) is 1. The van der Waals surface area contributed by atoms with Gasteiger partial charge in [-0.1, -0.05) is 6.92 Å². The summed E-state index contributed by atoms with van der Waals surface area (Å²) < 4.78 is 55.2. The Bertz CT molecular complexity index is 273. The summed E-state index contributed by atoms with van der Waals surface area (Å²) in [6, 6.07) is 0. The van der Waals surface area contributed by atoms with Gasteiger partial charge in [-0.15, -0.1) is 0 Å². The molecular formula is C10H15F4NO2. The van der Waals surface area contributed by atoms with Crippen molar-refractivity contribution in [3.63, 3.8) is 0 Å². The molecule has 0 radical (unpaired) electrons. The lowest BCUT2D eigenvalue weighted by atomic mass is 10.2. The third-order valence-electron chi connectivity index (χ3n) is 2.65. The Kier molecular flexibility index (Phi) is 4.73. The topological polar surface area (TPSA) is 29.5 Å². The first-order valence-electron chi connectivity index (χ1n) is 5.46. The van der Waals surface area contributed by atoms with Gasteiger partial charge in [0.2, 0.25) is 0 Å². The van der Waals surface area contributed by atoms with E-state index in [1.807, 2.05) is 0 Å². The molecule has 1 aliphatic rings. The van der Waals surface area contributed by atoms with Gasteiger partial charge < -0.3 is 9.64 Å². The SMILES string of the molecule is CCC1CN(C(=O)C(F)(F)C(F)F)CCCO1. The summed E-state index contributed by atoms with van der Waals surface area (Å²) in [5.74, 6) is -6.42. The van der Waals surface area contributed by atoms with E-state index in [9.17, 15) is 22.4 Å². The van der Waals surface area contributed by atoms with Crippen LogP contribution in [0.3, 0.4) is 0 Å². The second kappa shape index (κ2) is 5.66. The quantitative estimate of drug-likeness (QED) is 0.723. The van der Waals surface area contributed by atoms with Crippen LogP contribution < -0.4 is 0 Å². The molecule has 1 rings (SSSR count). The molecule has 1 unspecified atom stereocenters. The lowest BCUT2D eigenvalue weighted by Gasteiger charge is -2.26. The lowest BCUT2D eigenvalue weighted by molar-refractivity contribution is -0.181. The van der Waals surface area contributed by atoms with Gasteiger partial charge in [-0.05, 0) is 12.8 Å². The molecule has 1 aliphatic heterocycles. The Labute approximate surface area is 96.7 Å². The zero-order chi connectivity index (χ0) is 13.1. The average molecular weight is 257 g/mol. The van der Waals surface area contributed by atoms with Gasteiger partial charge in [-0.2, -0.15) is 8.78 Å². The third kappa shape index (κ3) is 3.31. The van der Waals surface area contributed by atoms with Crippen LogP contribution in [-0.2, 0) is 9.53 Å². The summed E-state index contributed by atoms with van der Waals surface area (Å²) in [5.41, 5.74) is 0. The lowest BCUT2D eigenvalue weighted by Crippen LogP contribution is -2.49. The Morgan fingerprint density at radius 3 is 2.71 bits per heavy atom. The van der Waals surface area contributed by atoms with Crippen LogP contribution in [0.1, 0.15) is 19.8 Å². The standard InChI is InChI=1S/C10H15F4NO2/c1-2-7-6-15(4-3-5-17-7)9(16)10(13,14)8(11)12/h7-8H,2-6H2,1H3. The van der Waals surface area contributed by atoms with Gasteiger partial charge in [-0.3, -0.25) is 4.79 Å². The van der Waals surface area contributed by atoms with Gasteiger partial charge in [0, 0.05) is 19.7 Å². The van der Waals surface area contributed by atoms with E-state index in [0.717, 1.165) is 4.90 Å². The van der Waals surface area contributed by atoms with Crippen LogP contribution in [-0.4, -0.2) is 49.0 Å². The van der Waals surface area contributed by atoms with Crippen molar-refractivity contribution >= 4 is 5.91 Å². The number of alkyl halides is 4. The summed E-state index contributed by atoms with van der Waals surface area (Å²) >= 11 is 0. The molecule has 0 aliphatic carbocycles. The molecule has 1 saturated heterocycles. The molecule has 1 atom stereocenters. The molecule has 0 N–H and O–H groups in total. The zero-order valence-electron chi connectivity index (χ0n) is 9.47. The van der Waals surface area contributed by atoms with E-state index in [4.69, 9.17) is 4.74 Å². The van der Waals surface area contributed by atoms with Gasteiger partial charge in [0.15, 0.2) is 0 Å². The number of hydrogen-bond acceptors (Lipinski definition) is 2. The largest absolute Gasteiger partial charge is 0.383 e. The van der Waals surface area contributed by atoms with E-state index >= 15 is 0 Å². The molecule has 0 saturated carbocycles. The number of carbonyl (C=O) groups excluding carboxylic acids is 1. The fourth-order valence-corrected chi connectivity index (χ4v) is 1.63. The minimum atomic E-state index is -4.61. The monoisotopic (exact) mass is 257 g/mol. The van der Waals surface area contributed by atoms with Crippen molar-refractivity contribution in [2.24, 2.45) is 0 Å². The smallest absolute Gasteiger partial charge is 0.376 e. The predicted molar refractivity (Wildman–Crippen MR) is 52.2 cm³/mol. The maximum absolute atomic E-state index is 12.9. The van der Waals surface area contributed by atoms with E-state index in [2.05, 4.69) is 0 Å². The highest BCUT2D eigenvalue weighted by Crippen LogP contribution is 2.26. The highest BCUT2D eigenvalue weighted by atomic mass is 19.3. The van der Waals surface area contributed by atoms with Crippen LogP contribution in [0, 0.1) is 0 Å². The minimum absolute atomic E-state index is 0.0254. The van der Waals surface area contributed by atoms with Crippen molar-refractivity contribution < 1.29 is 27.1 Å². The van der Waals surface area contributed by atoms with E-state index in [1.165, 1.54) is 0 Å². The summed E-state index contributed by atoms with van der Waals surface area (Å²) in [6.45, 7) is 2.10. The molecule has 17 heavy (non-hydrogen) atoms. The average Bonchev–Trinajstić information content (AvgIpc) is 2.52. The molecule has 0 aromatic carbocycles. The van der Waals surface area contributed by atoms with Crippen molar-refractivity contribution in [1.82, 2.24) is 4.90 Å². The maximum Gasteiger partial charge on any atom is 0.383 e. The number of amides is 1. The van der Waals surface area contributed by atoms with Gasteiger partial charge in [-0.25, -0.2) is 8.78 Å². The number of hydrogen-bond donors (Lipinski definition) is 0. The fourth-order valence-electron chi connectivity index (χ4n) is 1.63. The van der Waals surface area contributed by atoms with Crippen LogP contribution in [0.15, 0.2) is 0 Å². The van der Waals surface area contributed by atoms with Crippen molar-refractivity contribution in [2.75, 3.05) is 19.7 Å². The number of nitrogens with zero attached hydrogens (tertiary/aromatic N) is 1. The molecule has 1 amide bonds. The molecule has 0 bridgehead atoms. The van der Waals surface area contributed by atoms with Gasteiger partial charge in [0.1, 0.15) is 0 Å². The number of carbonyl (C=O) groups is 1. The van der Waals surface area contributed by atoms with Crippen molar-refractivity contribution in [3.05, 3.63) is 0 Å². The van der Waals surface area contributed by atoms with Gasteiger partial charge in [0.25, 0.3) is 5.91 Å². The first-order valence-corrected chi connectivity index (χ1v) is 5.46. The van der Waals surface area contributed by atoms with Gasteiger partial charge >= 0.3 is 12.3 Å². The van der Waals surface area contributed by atoms with Gasteiger partial charge in [0.05, 0.1) is 6.10 Å². The molecule has 3 nitrogen and oxygen atoms in total. The molecular weight excluding hydrogens is 242 g/mol. The predicted octanol–water partition coefficient (Wildman–Crippen LogP) is 1.91. The van der Waals surface area contributed by atoms with Crippen LogP contribution in [0.2, 0.25) is 0 Å². The first-order chi connectivity index (χ1) is 7.89.